The summed E-state index contributed by atoms with van der Waals surface area (Å²) in [5, 5.41) is 7.56. The summed E-state index contributed by atoms with van der Waals surface area (Å²) in [6.07, 6.45) is -1.84. The highest BCUT2D eigenvalue weighted by Gasteiger charge is 2.37. The molecular formula is C15H13F4N5O. The fraction of sp³-hybridized carbons (Fsp3) is 0.333. The third-order valence-corrected chi connectivity index (χ3v) is 3.84. The van der Waals surface area contributed by atoms with E-state index in [9.17, 15) is 22.4 Å². The van der Waals surface area contributed by atoms with Gasteiger partial charge in [0.25, 0.3) is 5.91 Å². The molecule has 2 aromatic rings. The standard InChI is InChI=1S/C15H13F4N5O/c16-10-1-2-12(15(17,18)19)11(9-10)13(25)23-5-7-24(8-6-23)14-20-3-4-21-22-14/h1-4,9H,5-8H2. The van der Waals surface area contributed by atoms with E-state index in [0.717, 1.165) is 0 Å². The van der Waals surface area contributed by atoms with Gasteiger partial charge in [0.15, 0.2) is 0 Å². The Balaban J connectivity index is 1.76. The number of halogens is 4. The van der Waals surface area contributed by atoms with Crippen molar-refractivity contribution < 1.29 is 22.4 Å². The first-order chi connectivity index (χ1) is 11.9. The van der Waals surface area contributed by atoms with Gasteiger partial charge in [0.1, 0.15) is 5.82 Å². The average Bonchev–Trinajstić information content (AvgIpc) is 2.61. The largest absolute Gasteiger partial charge is 0.417 e. The molecule has 1 saturated heterocycles. The van der Waals surface area contributed by atoms with Crippen LogP contribution in [0.1, 0.15) is 15.9 Å². The van der Waals surface area contributed by atoms with Gasteiger partial charge in [-0.25, -0.2) is 9.37 Å². The summed E-state index contributed by atoms with van der Waals surface area (Å²) in [4.78, 5) is 19.5. The molecule has 1 aromatic heterocycles. The van der Waals surface area contributed by atoms with Gasteiger partial charge in [-0.05, 0) is 18.2 Å². The minimum absolute atomic E-state index is 0.172. The number of aromatic nitrogens is 3. The van der Waals surface area contributed by atoms with Crippen LogP contribution in [0, 0.1) is 5.82 Å². The van der Waals surface area contributed by atoms with Crippen molar-refractivity contribution in [2.24, 2.45) is 0 Å². The number of alkyl halides is 3. The summed E-state index contributed by atoms with van der Waals surface area (Å²) >= 11 is 0. The van der Waals surface area contributed by atoms with Gasteiger partial charge in [-0.3, -0.25) is 4.79 Å². The van der Waals surface area contributed by atoms with Crippen LogP contribution in [-0.2, 0) is 6.18 Å². The Labute approximate surface area is 140 Å². The van der Waals surface area contributed by atoms with E-state index in [1.165, 1.54) is 17.3 Å². The molecule has 3 rings (SSSR count). The van der Waals surface area contributed by atoms with E-state index < -0.39 is 29.0 Å². The first kappa shape index (κ1) is 17.1. The molecule has 0 atom stereocenters. The van der Waals surface area contributed by atoms with Crippen LogP contribution in [0.25, 0.3) is 0 Å². The molecule has 25 heavy (non-hydrogen) atoms. The Morgan fingerprint density at radius 1 is 1.08 bits per heavy atom. The molecule has 1 aliphatic heterocycles. The number of hydrogen-bond donors (Lipinski definition) is 0. The highest BCUT2D eigenvalue weighted by atomic mass is 19.4. The Kier molecular flexibility index (Phi) is 4.51. The number of anilines is 1. The molecule has 1 amide bonds. The fourth-order valence-electron chi connectivity index (χ4n) is 2.61. The van der Waals surface area contributed by atoms with Gasteiger partial charge in [-0.1, -0.05) is 0 Å². The van der Waals surface area contributed by atoms with E-state index in [1.807, 2.05) is 0 Å². The van der Waals surface area contributed by atoms with Crippen molar-refractivity contribution in [1.29, 1.82) is 0 Å². The van der Waals surface area contributed by atoms with Gasteiger partial charge in [-0.2, -0.15) is 18.3 Å². The van der Waals surface area contributed by atoms with E-state index in [0.29, 0.717) is 37.2 Å². The topological polar surface area (TPSA) is 62.2 Å². The van der Waals surface area contributed by atoms with Gasteiger partial charge < -0.3 is 9.80 Å². The molecule has 1 aliphatic rings. The number of hydrogen-bond acceptors (Lipinski definition) is 5. The number of nitrogens with zero attached hydrogens (tertiary/aromatic N) is 5. The lowest BCUT2D eigenvalue weighted by molar-refractivity contribution is -0.138. The molecule has 0 saturated carbocycles. The zero-order chi connectivity index (χ0) is 18.0. The summed E-state index contributed by atoms with van der Waals surface area (Å²) in [7, 11) is 0. The summed E-state index contributed by atoms with van der Waals surface area (Å²) < 4.78 is 52.6. The molecular weight excluding hydrogens is 342 g/mol. The Morgan fingerprint density at radius 2 is 1.80 bits per heavy atom. The minimum atomic E-state index is -4.73. The van der Waals surface area contributed by atoms with E-state index in [2.05, 4.69) is 15.2 Å². The molecule has 2 heterocycles. The quantitative estimate of drug-likeness (QED) is 0.771. The van der Waals surface area contributed by atoms with Crippen LogP contribution in [-0.4, -0.2) is 52.2 Å². The van der Waals surface area contributed by atoms with E-state index in [1.54, 1.807) is 4.90 Å². The maximum Gasteiger partial charge on any atom is 0.417 e. The van der Waals surface area contributed by atoms with E-state index in [-0.39, 0.29) is 13.1 Å². The second-order valence-corrected chi connectivity index (χ2v) is 5.41. The first-order valence-electron chi connectivity index (χ1n) is 7.41. The summed E-state index contributed by atoms with van der Waals surface area (Å²) in [6, 6.07) is 1.90. The van der Waals surface area contributed by atoms with Gasteiger partial charge in [-0.15, -0.1) is 5.10 Å². The van der Waals surface area contributed by atoms with Crippen LogP contribution >= 0.6 is 0 Å². The second-order valence-electron chi connectivity index (χ2n) is 5.41. The van der Waals surface area contributed by atoms with Crippen LogP contribution in [0.3, 0.4) is 0 Å². The third-order valence-electron chi connectivity index (χ3n) is 3.84. The summed E-state index contributed by atoms with van der Waals surface area (Å²) in [5.74, 6) is -1.35. The maximum absolute atomic E-state index is 13.4. The van der Waals surface area contributed by atoms with Crippen molar-refractivity contribution >= 4 is 11.9 Å². The van der Waals surface area contributed by atoms with Gasteiger partial charge in [0, 0.05) is 26.2 Å². The summed E-state index contributed by atoms with van der Waals surface area (Å²) in [6.45, 7) is 1.03. The van der Waals surface area contributed by atoms with Crippen LogP contribution in [0.15, 0.2) is 30.6 Å². The van der Waals surface area contributed by atoms with Crippen LogP contribution in [0.5, 0.6) is 0 Å². The average molecular weight is 355 g/mol. The van der Waals surface area contributed by atoms with E-state index >= 15 is 0 Å². The van der Waals surface area contributed by atoms with Crippen molar-refractivity contribution in [3.63, 3.8) is 0 Å². The smallest absolute Gasteiger partial charge is 0.336 e. The van der Waals surface area contributed by atoms with Crippen molar-refractivity contribution in [2.75, 3.05) is 31.1 Å². The molecule has 0 unspecified atom stereocenters. The highest BCUT2D eigenvalue weighted by molar-refractivity contribution is 5.96. The van der Waals surface area contributed by atoms with Crippen molar-refractivity contribution in [3.05, 3.63) is 47.5 Å². The Hall–Kier alpha value is -2.78. The molecule has 1 aromatic carbocycles. The number of piperazine rings is 1. The van der Waals surface area contributed by atoms with Gasteiger partial charge in [0.05, 0.1) is 23.5 Å². The molecule has 0 N–H and O–H groups in total. The minimum Gasteiger partial charge on any atom is -0.336 e. The van der Waals surface area contributed by atoms with Gasteiger partial charge >= 0.3 is 6.18 Å². The van der Waals surface area contributed by atoms with Crippen LogP contribution < -0.4 is 4.90 Å². The predicted octanol–water partition coefficient (Wildman–Crippen LogP) is 1.99. The molecule has 1 fully saturated rings. The number of amides is 1. The molecule has 0 spiro atoms. The van der Waals surface area contributed by atoms with E-state index in [4.69, 9.17) is 0 Å². The lowest BCUT2D eigenvalue weighted by Gasteiger charge is -2.34. The Morgan fingerprint density at radius 3 is 2.40 bits per heavy atom. The van der Waals surface area contributed by atoms with Crippen LogP contribution in [0.2, 0.25) is 0 Å². The number of benzene rings is 1. The summed E-state index contributed by atoms with van der Waals surface area (Å²) in [5.41, 5.74) is -1.82. The second kappa shape index (κ2) is 6.61. The lowest BCUT2D eigenvalue weighted by atomic mass is 10.0. The molecule has 0 aliphatic carbocycles. The van der Waals surface area contributed by atoms with Crippen LogP contribution in [0.4, 0.5) is 23.5 Å². The van der Waals surface area contributed by atoms with Crippen molar-refractivity contribution in [1.82, 2.24) is 20.1 Å². The zero-order valence-electron chi connectivity index (χ0n) is 12.9. The van der Waals surface area contributed by atoms with Crippen molar-refractivity contribution in [3.8, 4) is 0 Å². The van der Waals surface area contributed by atoms with Crippen molar-refractivity contribution in [2.45, 2.75) is 6.18 Å². The SMILES string of the molecule is O=C(c1cc(F)ccc1C(F)(F)F)N1CCN(c2nccnn2)CC1. The number of carbonyl (C=O) groups excluding carboxylic acids is 1. The molecule has 10 heteroatoms. The lowest BCUT2D eigenvalue weighted by Crippen LogP contribution is -2.49. The van der Waals surface area contributed by atoms with Gasteiger partial charge in [0.2, 0.25) is 5.95 Å². The number of rotatable bonds is 2. The number of carbonyl (C=O) groups is 1. The Bertz CT molecular complexity index is 760. The maximum atomic E-state index is 13.4. The normalized spacial score (nSPS) is 15.4. The highest BCUT2D eigenvalue weighted by Crippen LogP contribution is 2.33. The predicted molar refractivity (Wildman–Crippen MR) is 79.3 cm³/mol. The monoisotopic (exact) mass is 355 g/mol. The zero-order valence-corrected chi connectivity index (χ0v) is 12.9. The third kappa shape index (κ3) is 3.67. The first-order valence-corrected chi connectivity index (χ1v) is 7.41. The molecule has 6 nitrogen and oxygen atoms in total. The molecule has 132 valence electrons. The fourth-order valence-corrected chi connectivity index (χ4v) is 2.61. The molecule has 0 bridgehead atoms. The molecule has 0 radical (unpaired) electrons.